The molecule has 27 heavy (non-hydrogen) atoms. The standard InChI is InChI=1S/C21H28ClN3O2/c1-16-20(23-21(27-16)18-6-2-3-7-19(18)22)15-25-8-4-5-17(14-25)13-24-9-11-26-12-10-24/h2-3,6-7,17H,4-5,8-15H2,1H3. The SMILES string of the molecule is Cc1oc(-c2ccccc2Cl)nc1CN1CCCC(CN2CCOCC2)C1. The zero-order valence-electron chi connectivity index (χ0n) is 16.0. The molecule has 0 amide bonds. The summed E-state index contributed by atoms with van der Waals surface area (Å²) in [4.78, 5) is 9.83. The summed E-state index contributed by atoms with van der Waals surface area (Å²) in [6, 6.07) is 7.71. The van der Waals surface area contributed by atoms with Gasteiger partial charge in [-0.25, -0.2) is 4.98 Å². The quantitative estimate of drug-likeness (QED) is 0.777. The van der Waals surface area contributed by atoms with Crippen LogP contribution in [0.2, 0.25) is 5.02 Å². The Balaban J connectivity index is 1.39. The van der Waals surface area contributed by atoms with Crippen LogP contribution in [-0.4, -0.2) is 60.7 Å². The van der Waals surface area contributed by atoms with Crippen molar-refractivity contribution in [2.75, 3.05) is 45.9 Å². The van der Waals surface area contributed by atoms with Gasteiger partial charge in [-0.05, 0) is 44.4 Å². The number of hydrogen-bond donors (Lipinski definition) is 0. The first-order chi connectivity index (χ1) is 13.2. The van der Waals surface area contributed by atoms with Crippen molar-refractivity contribution in [3.8, 4) is 11.5 Å². The lowest BCUT2D eigenvalue weighted by molar-refractivity contribution is 0.0223. The molecule has 0 N–H and O–H groups in total. The fourth-order valence-electron chi connectivity index (χ4n) is 4.13. The minimum atomic E-state index is 0.620. The molecule has 0 saturated carbocycles. The van der Waals surface area contributed by atoms with Gasteiger partial charge >= 0.3 is 0 Å². The Kier molecular flexibility index (Phi) is 6.13. The van der Waals surface area contributed by atoms with Crippen molar-refractivity contribution in [2.24, 2.45) is 5.92 Å². The fourth-order valence-corrected chi connectivity index (χ4v) is 4.35. The van der Waals surface area contributed by atoms with Crippen LogP contribution in [0.25, 0.3) is 11.5 Å². The second-order valence-electron chi connectivity index (χ2n) is 7.66. The minimum Gasteiger partial charge on any atom is -0.441 e. The molecule has 1 aromatic heterocycles. The van der Waals surface area contributed by atoms with Crippen molar-refractivity contribution < 1.29 is 9.15 Å². The van der Waals surface area contributed by atoms with Crippen molar-refractivity contribution >= 4 is 11.6 Å². The van der Waals surface area contributed by atoms with E-state index in [4.69, 9.17) is 25.7 Å². The second kappa shape index (κ2) is 8.74. The van der Waals surface area contributed by atoms with Crippen molar-refractivity contribution in [3.05, 3.63) is 40.7 Å². The van der Waals surface area contributed by atoms with Gasteiger partial charge < -0.3 is 9.15 Å². The number of likely N-dealkylation sites (tertiary alicyclic amines) is 1. The van der Waals surface area contributed by atoms with Gasteiger partial charge in [0.25, 0.3) is 0 Å². The van der Waals surface area contributed by atoms with E-state index in [2.05, 4.69) is 9.80 Å². The fraction of sp³-hybridized carbons (Fsp3) is 0.571. The van der Waals surface area contributed by atoms with Crippen LogP contribution in [0.4, 0.5) is 0 Å². The maximum absolute atomic E-state index is 6.30. The summed E-state index contributed by atoms with van der Waals surface area (Å²) in [5, 5.41) is 0.675. The molecule has 0 radical (unpaired) electrons. The van der Waals surface area contributed by atoms with Crippen LogP contribution in [0.5, 0.6) is 0 Å². The third kappa shape index (κ3) is 4.72. The third-order valence-electron chi connectivity index (χ3n) is 5.59. The van der Waals surface area contributed by atoms with Gasteiger partial charge in [-0.2, -0.15) is 0 Å². The average molecular weight is 390 g/mol. The van der Waals surface area contributed by atoms with Gasteiger partial charge in [-0.1, -0.05) is 23.7 Å². The summed E-state index contributed by atoms with van der Waals surface area (Å²) in [6.07, 6.45) is 2.57. The second-order valence-corrected chi connectivity index (χ2v) is 8.07. The normalized spacial score (nSPS) is 22.2. The summed E-state index contributed by atoms with van der Waals surface area (Å²) in [6.45, 7) is 10.2. The molecule has 2 aliphatic heterocycles. The Morgan fingerprint density at radius 2 is 1.96 bits per heavy atom. The van der Waals surface area contributed by atoms with Crippen LogP contribution >= 0.6 is 11.6 Å². The molecular formula is C21H28ClN3O2. The molecule has 6 heteroatoms. The molecule has 4 rings (SSSR count). The highest BCUT2D eigenvalue weighted by Crippen LogP contribution is 2.29. The summed E-state index contributed by atoms with van der Waals surface area (Å²) >= 11 is 6.30. The maximum Gasteiger partial charge on any atom is 0.228 e. The van der Waals surface area contributed by atoms with Gasteiger partial charge in [0.2, 0.25) is 5.89 Å². The number of rotatable bonds is 5. The van der Waals surface area contributed by atoms with Gasteiger partial charge in [0, 0.05) is 32.7 Å². The first kappa shape index (κ1) is 18.9. The van der Waals surface area contributed by atoms with Crippen LogP contribution in [0, 0.1) is 12.8 Å². The van der Waals surface area contributed by atoms with E-state index >= 15 is 0 Å². The molecule has 2 aliphatic rings. The molecule has 0 bridgehead atoms. The van der Waals surface area contributed by atoms with Crippen LogP contribution in [0.1, 0.15) is 24.3 Å². The van der Waals surface area contributed by atoms with E-state index in [9.17, 15) is 0 Å². The number of hydrogen-bond acceptors (Lipinski definition) is 5. The van der Waals surface area contributed by atoms with Crippen LogP contribution < -0.4 is 0 Å². The lowest BCUT2D eigenvalue weighted by atomic mass is 9.97. The number of aryl methyl sites for hydroxylation is 1. The van der Waals surface area contributed by atoms with E-state index in [-0.39, 0.29) is 0 Å². The van der Waals surface area contributed by atoms with Crippen molar-refractivity contribution in [1.29, 1.82) is 0 Å². The molecule has 5 nitrogen and oxygen atoms in total. The average Bonchev–Trinajstić information content (AvgIpc) is 3.03. The number of aromatic nitrogens is 1. The third-order valence-corrected chi connectivity index (χ3v) is 5.92. The van der Waals surface area contributed by atoms with Crippen LogP contribution in [0.3, 0.4) is 0 Å². The molecule has 3 heterocycles. The molecule has 2 aromatic rings. The summed E-state index contributed by atoms with van der Waals surface area (Å²) in [5.41, 5.74) is 1.88. The molecule has 146 valence electrons. The zero-order chi connectivity index (χ0) is 18.6. The Hall–Kier alpha value is -1.40. The number of halogens is 1. The molecule has 1 unspecified atom stereocenters. The topological polar surface area (TPSA) is 41.7 Å². The molecule has 0 aliphatic carbocycles. The zero-order valence-corrected chi connectivity index (χ0v) is 16.7. The number of oxazole rings is 1. The Labute approximate surface area is 166 Å². The Morgan fingerprint density at radius 1 is 1.15 bits per heavy atom. The van der Waals surface area contributed by atoms with Gasteiger partial charge in [-0.3, -0.25) is 9.80 Å². The first-order valence-corrected chi connectivity index (χ1v) is 10.3. The highest BCUT2D eigenvalue weighted by Gasteiger charge is 2.24. The summed E-state index contributed by atoms with van der Waals surface area (Å²) < 4.78 is 11.4. The summed E-state index contributed by atoms with van der Waals surface area (Å²) in [5.74, 6) is 2.24. The molecular weight excluding hydrogens is 362 g/mol. The monoisotopic (exact) mass is 389 g/mol. The minimum absolute atomic E-state index is 0.620. The largest absolute Gasteiger partial charge is 0.441 e. The van der Waals surface area contributed by atoms with E-state index in [0.717, 1.165) is 68.9 Å². The number of ether oxygens (including phenoxy) is 1. The highest BCUT2D eigenvalue weighted by molar-refractivity contribution is 6.33. The van der Waals surface area contributed by atoms with Crippen LogP contribution in [0.15, 0.2) is 28.7 Å². The van der Waals surface area contributed by atoms with Crippen molar-refractivity contribution in [2.45, 2.75) is 26.3 Å². The van der Waals surface area contributed by atoms with Crippen LogP contribution in [-0.2, 0) is 11.3 Å². The Morgan fingerprint density at radius 3 is 2.78 bits per heavy atom. The van der Waals surface area contributed by atoms with E-state index in [0.29, 0.717) is 10.9 Å². The molecule has 2 saturated heterocycles. The number of nitrogens with zero attached hydrogens (tertiary/aromatic N) is 3. The van der Waals surface area contributed by atoms with Gasteiger partial charge in [0.05, 0.1) is 29.5 Å². The molecule has 2 fully saturated rings. The van der Waals surface area contributed by atoms with Gasteiger partial charge in [0.1, 0.15) is 5.76 Å². The highest BCUT2D eigenvalue weighted by atomic mass is 35.5. The molecule has 1 atom stereocenters. The lowest BCUT2D eigenvalue weighted by Crippen LogP contribution is -2.44. The Bertz CT molecular complexity index is 758. The van der Waals surface area contributed by atoms with Crippen molar-refractivity contribution in [1.82, 2.24) is 14.8 Å². The predicted octanol–water partition coefficient (Wildman–Crippen LogP) is 3.85. The number of benzene rings is 1. The maximum atomic E-state index is 6.30. The number of morpholine rings is 1. The number of piperidine rings is 1. The predicted molar refractivity (Wildman–Crippen MR) is 107 cm³/mol. The van der Waals surface area contributed by atoms with E-state index in [1.54, 1.807) is 0 Å². The van der Waals surface area contributed by atoms with E-state index in [1.807, 2.05) is 31.2 Å². The van der Waals surface area contributed by atoms with E-state index in [1.165, 1.54) is 19.4 Å². The van der Waals surface area contributed by atoms with Gasteiger partial charge in [-0.15, -0.1) is 0 Å². The van der Waals surface area contributed by atoms with Crippen molar-refractivity contribution in [3.63, 3.8) is 0 Å². The smallest absolute Gasteiger partial charge is 0.228 e. The lowest BCUT2D eigenvalue weighted by Gasteiger charge is -2.36. The van der Waals surface area contributed by atoms with Gasteiger partial charge in [0.15, 0.2) is 0 Å². The van der Waals surface area contributed by atoms with E-state index < -0.39 is 0 Å². The molecule has 1 aromatic carbocycles. The summed E-state index contributed by atoms with van der Waals surface area (Å²) in [7, 11) is 0. The molecule has 0 spiro atoms. The first-order valence-electron chi connectivity index (χ1n) is 9.92.